The van der Waals surface area contributed by atoms with Crippen LogP contribution in [0.25, 0.3) is 10.9 Å². The van der Waals surface area contributed by atoms with Gasteiger partial charge in [0.15, 0.2) is 0 Å². The Morgan fingerprint density at radius 2 is 2.00 bits per heavy atom. The first-order valence-corrected chi connectivity index (χ1v) is 8.01. The lowest BCUT2D eigenvalue weighted by Gasteiger charge is -2.23. The van der Waals surface area contributed by atoms with Gasteiger partial charge in [0, 0.05) is 29.0 Å². The van der Waals surface area contributed by atoms with E-state index in [9.17, 15) is 4.79 Å². The molecule has 0 unspecified atom stereocenters. The molecule has 1 saturated carbocycles. The van der Waals surface area contributed by atoms with Crippen molar-refractivity contribution in [3.63, 3.8) is 0 Å². The topological polar surface area (TPSA) is 34.0 Å². The number of hydrogen-bond donors (Lipinski definition) is 1. The molecule has 2 aromatic rings. The molecular formula is C17H21ClN2O. The average Bonchev–Trinajstić information content (AvgIpc) is 2.71. The normalized spacial score (nSPS) is 16.3. The molecule has 1 aromatic heterocycles. The molecule has 0 radical (unpaired) electrons. The Kier molecular flexibility index (Phi) is 3.94. The number of rotatable bonds is 2. The number of aromatic nitrogens is 1. The number of carbonyl (C=O) groups is 1. The third-order valence-electron chi connectivity index (χ3n) is 4.57. The second kappa shape index (κ2) is 5.72. The smallest absolute Gasteiger partial charge is 0.268 e. The van der Waals surface area contributed by atoms with Crippen molar-refractivity contribution in [3.05, 3.63) is 34.5 Å². The van der Waals surface area contributed by atoms with Crippen LogP contribution in [0.15, 0.2) is 18.2 Å². The maximum atomic E-state index is 12.6. The van der Waals surface area contributed by atoms with Crippen LogP contribution in [0, 0.1) is 6.92 Å². The zero-order chi connectivity index (χ0) is 15.0. The average molecular weight is 305 g/mol. The van der Waals surface area contributed by atoms with E-state index in [2.05, 4.69) is 5.32 Å². The van der Waals surface area contributed by atoms with Crippen LogP contribution in [0.1, 0.15) is 48.2 Å². The molecule has 3 nitrogen and oxygen atoms in total. The Bertz CT molecular complexity index is 684. The van der Waals surface area contributed by atoms with Crippen molar-refractivity contribution < 1.29 is 4.79 Å². The predicted octanol–water partition coefficient (Wildman–Crippen LogP) is 4.20. The van der Waals surface area contributed by atoms with Gasteiger partial charge >= 0.3 is 0 Å². The molecule has 3 rings (SSSR count). The molecule has 1 aromatic carbocycles. The Morgan fingerprint density at radius 3 is 2.71 bits per heavy atom. The summed E-state index contributed by atoms with van der Waals surface area (Å²) in [6.07, 6.45) is 5.92. The molecule has 1 aliphatic rings. The second-order valence-corrected chi connectivity index (χ2v) is 6.44. The van der Waals surface area contributed by atoms with E-state index in [4.69, 9.17) is 11.6 Å². The molecule has 1 amide bonds. The van der Waals surface area contributed by atoms with Crippen LogP contribution in [0.5, 0.6) is 0 Å². The summed E-state index contributed by atoms with van der Waals surface area (Å²) < 4.78 is 1.97. The molecule has 0 aliphatic heterocycles. The number of aryl methyl sites for hydroxylation is 2. The quantitative estimate of drug-likeness (QED) is 0.886. The molecule has 0 bridgehead atoms. The molecule has 1 aliphatic carbocycles. The van der Waals surface area contributed by atoms with Crippen molar-refractivity contribution >= 4 is 28.4 Å². The van der Waals surface area contributed by atoms with Gasteiger partial charge in [0.2, 0.25) is 0 Å². The number of nitrogens with one attached hydrogen (secondary N) is 1. The third kappa shape index (κ3) is 2.67. The van der Waals surface area contributed by atoms with Gasteiger partial charge < -0.3 is 9.88 Å². The van der Waals surface area contributed by atoms with Gasteiger partial charge in [-0.3, -0.25) is 4.79 Å². The lowest BCUT2D eigenvalue weighted by atomic mass is 9.95. The summed E-state index contributed by atoms with van der Waals surface area (Å²) >= 11 is 6.08. The van der Waals surface area contributed by atoms with Crippen LogP contribution in [-0.2, 0) is 7.05 Å². The van der Waals surface area contributed by atoms with Gasteiger partial charge in [0.05, 0.1) is 0 Å². The first-order chi connectivity index (χ1) is 10.1. The van der Waals surface area contributed by atoms with Gasteiger partial charge in [-0.15, -0.1) is 0 Å². The maximum absolute atomic E-state index is 12.6. The second-order valence-electron chi connectivity index (χ2n) is 6.00. The number of nitrogens with zero attached hydrogens (tertiary/aromatic N) is 1. The lowest BCUT2D eigenvalue weighted by Crippen LogP contribution is -2.37. The van der Waals surface area contributed by atoms with E-state index in [1.54, 1.807) is 0 Å². The van der Waals surface area contributed by atoms with Gasteiger partial charge in [-0.2, -0.15) is 0 Å². The van der Waals surface area contributed by atoms with E-state index < -0.39 is 0 Å². The highest BCUT2D eigenvalue weighted by Gasteiger charge is 2.22. The SMILES string of the molecule is Cc1c(C(=O)NC2CCCCC2)n(C)c2ccc(Cl)cc12. The van der Waals surface area contributed by atoms with E-state index in [1.807, 2.05) is 36.7 Å². The zero-order valence-electron chi connectivity index (χ0n) is 12.6. The van der Waals surface area contributed by atoms with Gasteiger partial charge in [0.1, 0.15) is 5.69 Å². The fraction of sp³-hybridized carbons (Fsp3) is 0.471. The van der Waals surface area contributed by atoms with E-state index in [-0.39, 0.29) is 5.91 Å². The monoisotopic (exact) mass is 304 g/mol. The van der Waals surface area contributed by atoms with Crippen LogP contribution in [0.3, 0.4) is 0 Å². The predicted molar refractivity (Wildman–Crippen MR) is 87.0 cm³/mol. The van der Waals surface area contributed by atoms with Crippen molar-refractivity contribution in [1.82, 2.24) is 9.88 Å². The number of fused-ring (bicyclic) bond motifs is 1. The first-order valence-electron chi connectivity index (χ1n) is 7.63. The fourth-order valence-electron chi connectivity index (χ4n) is 3.42. The molecule has 1 N–H and O–H groups in total. The van der Waals surface area contributed by atoms with Gasteiger partial charge in [-0.05, 0) is 43.5 Å². The molecule has 1 fully saturated rings. The number of hydrogen-bond acceptors (Lipinski definition) is 1. The number of carbonyl (C=O) groups excluding carboxylic acids is 1. The van der Waals surface area contributed by atoms with Crippen molar-refractivity contribution in [1.29, 1.82) is 0 Å². The van der Waals surface area contributed by atoms with Crippen LogP contribution in [0.4, 0.5) is 0 Å². The highest BCUT2D eigenvalue weighted by Crippen LogP contribution is 2.28. The summed E-state index contributed by atoms with van der Waals surface area (Å²) in [6, 6.07) is 6.10. The number of halogens is 1. The molecular weight excluding hydrogens is 284 g/mol. The molecule has 0 atom stereocenters. The lowest BCUT2D eigenvalue weighted by molar-refractivity contribution is 0.0919. The van der Waals surface area contributed by atoms with E-state index in [0.717, 1.165) is 35.0 Å². The minimum absolute atomic E-state index is 0.0363. The summed E-state index contributed by atoms with van der Waals surface area (Å²) in [6.45, 7) is 1.99. The van der Waals surface area contributed by atoms with E-state index in [1.165, 1.54) is 19.3 Å². The van der Waals surface area contributed by atoms with E-state index >= 15 is 0 Å². The highest BCUT2D eigenvalue weighted by atomic mass is 35.5. The van der Waals surface area contributed by atoms with Crippen LogP contribution in [-0.4, -0.2) is 16.5 Å². The standard InChI is InChI=1S/C17H21ClN2O/c1-11-14-10-12(18)8-9-15(14)20(2)16(11)17(21)19-13-6-4-3-5-7-13/h8-10,13H,3-7H2,1-2H3,(H,19,21). The molecule has 0 saturated heterocycles. The Balaban J connectivity index is 1.94. The van der Waals surface area contributed by atoms with Crippen LogP contribution in [0.2, 0.25) is 5.02 Å². The van der Waals surface area contributed by atoms with Gasteiger partial charge in [-0.25, -0.2) is 0 Å². The van der Waals surface area contributed by atoms with Crippen molar-refractivity contribution in [3.8, 4) is 0 Å². The summed E-state index contributed by atoms with van der Waals surface area (Å²) in [5.41, 5.74) is 2.80. The molecule has 21 heavy (non-hydrogen) atoms. The summed E-state index contributed by atoms with van der Waals surface area (Å²) in [4.78, 5) is 12.6. The Hall–Kier alpha value is -1.48. The van der Waals surface area contributed by atoms with Crippen molar-refractivity contribution in [2.75, 3.05) is 0 Å². The minimum Gasteiger partial charge on any atom is -0.348 e. The Labute approximate surface area is 130 Å². The zero-order valence-corrected chi connectivity index (χ0v) is 13.3. The Morgan fingerprint density at radius 1 is 1.29 bits per heavy atom. The minimum atomic E-state index is 0.0363. The number of benzene rings is 1. The van der Waals surface area contributed by atoms with E-state index in [0.29, 0.717) is 11.1 Å². The molecule has 0 spiro atoms. The summed E-state index contributed by atoms with van der Waals surface area (Å²) in [5, 5.41) is 4.96. The molecule has 4 heteroatoms. The highest BCUT2D eigenvalue weighted by molar-refractivity contribution is 6.31. The van der Waals surface area contributed by atoms with Gasteiger partial charge in [0.25, 0.3) is 5.91 Å². The summed E-state index contributed by atoms with van der Waals surface area (Å²) in [7, 11) is 1.94. The van der Waals surface area contributed by atoms with Crippen LogP contribution >= 0.6 is 11.6 Å². The maximum Gasteiger partial charge on any atom is 0.268 e. The molecule has 112 valence electrons. The largest absolute Gasteiger partial charge is 0.348 e. The molecule has 1 heterocycles. The fourth-order valence-corrected chi connectivity index (χ4v) is 3.60. The number of amides is 1. The van der Waals surface area contributed by atoms with Crippen molar-refractivity contribution in [2.45, 2.75) is 45.1 Å². The van der Waals surface area contributed by atoms with Gasteiger partial charge in [-0.1, -0.05) is 30.9 Å². The first kappa shape index (κ1) is 14.5. The third-order valence-corrected chi connectivity index (χ3v) is 4.81. The van der Waals surface area contributed by atoms with Crippen molar-refractivity contribution in [2.24, 2.45) is 7.05 Å². The van der Waals surface area contributed by atoms with Crippen LogP contribution < -0.4 is 5.32 Å². The summed E-state index contributed by atoms with van der Waals surface area (Å²) in [5.74, 6) is 0.0363.